The first-order valence-corrected chi connectivity index (χ1v) is 17.6. The zero-order valence-electron chi connectivity index (χ0n) is 23.3. The maximum atomic E-state index is 16.8. The van der Waals surface area contributed by atoms with Crippen LogP contribution in [-0.2, 0) is 27.7 Å². The summed E-state index contributed by atoms with van der Waals surface area (Å²) in [5.41, 5.74) is 2.54. The third-order valence-corrected chi connectivity index (χ3v) is 15.4. The molecular formula is C28H36F2N4O3SSi-. The van der Waals surface area contributed by atoms with Gasteiger partial charge in [0, 0.05) is 38.1 Å². The summed E-state index contributed by atoms with van der Waals surface area (Å²) >= 11 is 0. The molecule has 3 aromatic rings. The van der Waals surface area contributed by atoms with E-state index in [4.69, 9.17) is 4.43 Å². The number of hydrogen-bond donors (Lipinski definition) is 0. The number of benzene rings is 1. The van der Waals surface area contributed by atoms with Crippen molar-refractivity contribution < 1.29 is 21.6 Å². The van der Waals surface area contributed by atoms with Crippen LogP contribution < -0.4 is 0 Å². The van der Waals surface area contributed by atoms with Crippen molar-refractivity contribution in [2.75, 3.05) is 6.61 Å². The molecule has 1 fully saturated rings. The van der Waals surface area contributed by atoms with Crippen molar-refractivity contribution in [1.29, 1.82) is 0 Å². The normalized spacial score (nSPS) is 23.7. The van der Waals surface area contributed by atoms with Gasteiger partial charge >= 0.3 is 0 Å². The lowest BCUT2D eigenvalue weighted by atomic mass is 9.64. The average molecular weight is 575 g/mol. The van der Waals surface area contributed by atoms with Gasteiger partial charge in [0.2, 0.25) is 14.8 Å². The Kier molecular flexibility index (Phi) is 6.59. The Balaban J connectivity index is 1.57. The molecule has 0 radical (unpaired) electrons. The maximum Gasteiger partial charge on any atom is 0.232 e. The summed E-state index contributed by atoms with van der Waals surface area (Å²) in [5, 5.41) is 5.80. The van der Waals surface area contributed by atoms with Crippen molar-refractivity contribution in [2.24, 2.45) is 12.5 Å². The number of fused-ring (bicyclic) bond motifs is 2. The molecule has 7 nitrogen and oxygen atoms in total. The summed E-state index contributed by atoms with van der Waals surface area (Å²) in [6.45, 7) is 10.9. The number of aromatic nitrogens is 4. The summed E-state index contributed by atoms with van der Waals surface area (Å²) in [4.78, 5) is 0. The first kappa shape index (κ1) is 27.9. The molecule has 2 aliphatic rings. The average Bonchev–Trinajstić information content (AvgIpc) is 3.47. The highest BCUT2D eigenvalue weighted by Gasteiger charge is 2.57. The van der Waals surface area contributed by atoms with Crippen molar-refractivity contribution in [3.05, 3.63) is 65.4 Å². The van der Waals surface area contributed by atoms with Crippen molar-refractivity contribution in [3.63, 3.8) is 0 Å². The second kappa shape index (κ2) is 9.20. The molecule has 0 aliphatic heterocycles. The number of rotatable bonds is 6. The number of aryl methyl sites for hydroxylation is 1. The molecule has 11 heteroatoms. The third kappa shape index (κ3) is 4.72. The molecular weight excluding hydrogens is 538 g/mol. The molecule has 0 saturated heterocycles. The molecule has 0 amide bonds. The fraction of sp³-hybridized carbons (Fsp3) is 0.500. The van der Waals surface area contributed by atoms with E-state index < -0.39 is 28.6 Å². The molecule has 0 spiro atoms. The van der Waals surface area contributed by atoms with Crippen LogP contribution in [-0.4, -0.2) is 47.9 Å². The molecule has 39 heavy (non-hydrogen) atoms. The smallest absolute Gasteiger partial charge is 0.232 e. The molecule has 0 unspecified atom stereocenters. The van der Waals surface area contributed by atoms with Crippen LogP contribution in [0.2, 0.25) is 18.1 Å². The number of sulfone groups is 1. The van der Waals surface area contributed by atoms with E-state index in [0.717, 1.165) is 16.8 Å². The van der Waals surface area contributed by atoms with E-state index in [2.05, 4.69) is 44.1 Å². The van der Waals surface area contributed by atoms with Gasteiger partial charge in [0.25, 0.3) is 0 Å². The van der Waals surface area contributed by atoms with E-state index in [1.807, 2.05) is 6.08 Å². The third-order valence-electron chi connectivity index (χ3n) is 8.81. The van der Waals surface area contributed by atoms with Crippen LogP contribution in [0.3, 0.4) is 0 Å². The van der Waals surface area contributed by atoms with E-state index in [9.17, 15) is 12.8 Å². The van der Waals surface area contributed by atoms with Crippen molar-refractivity contribution in [3.8, 4) is 5.69 Å². The highest BCUT2D eigenvalue weighted by Crippen LogP contribution is 2.55. The lowest BCUT2D eigenvalue weighted by Crippen LogP contribution is -2.51. The summed E-state index contributed by atoms with van der Waals surface area (Å²) in [6, 6.07) is 7.45. The monoisotopic (exact) mass is 574 g/mol. The zero-order valence-corrected chi connectivity index (χ0v) is 25.1. The van der Waals surface area contributed by atoms with Gasteiger partial charge in [-0.25, -0.2) is 21.9 Å². The molecule has 5 rings (SSSR count). The number of alkyl halides is 1. The molecule has 2 aliphatic carbocycles. The van der Waals surface area contributed by atoms with E-state index >= 15 is 4.39 Å². The van der Waals surface area contributed by atoms with Crippen LogP contribution in [0.1, 0.15) is 51.3 Å². The minimum Gasteiger partial charge on any atom is -0.564 e. The fourth-order valence-corrected chi connectivity index (χ4v) is 8.14. The van der Waals surface area contributed by atoms with Gasteiger partial charge in [-0.1, -0.05) is 26.3 Å². The molecule has 2 heterocycles. The van der Waals surface area contributed by atoms with Crippen LogP contribution in [0.25, 0.3) is 11.8 Å². The summed E-state index contributed by atoms with van der Waals surface area (Å²) in [7, 11) is -4.98. The van der Waals surface area contributed by atoms with E-state index in [-0.39, 0.29) is 41.8 Å². The molecule has 0 N–H and O–H groups in total. The second-order valence-electron chi connectivity index (χ2n) is 12.5. The van der Waals surface area contributed by atoms with Crippen molar-refractivity contribution >= 4 is 24.2 Å². The Bertz CT molecular complexity index is 1540. The predicted octanol–water partition coefficient (Wildman–Crippen LogP) is 6.02. The maximum absolute atomic E-state index is 16.8. The van der Waals surface area contributed by atoms with Crippen molar-refractivity contribution in [2.45, 2.75) is 74.6 Å². The van der Waals surface area contributed by atoms with Crippen LogP contribution in [0.15, 0.2) is 53.3 Å². The Morgan fingerprint density at radius 3 is 2.46 bits per heavy atom. The summed E-state index contributed by atoms with van der Waals surface area (Å²) in [6.07, 6.45) is 5.53. The highest BCUT2D eigenvalue weighted by atomic mass is 32.2. The predicted molar refractivity (Wildman–Crippen MR) is 149 cm³/mol. The number of hydrogen-bond acceptors (Lipinski definition) is 5. The van der Waals surface area contributed by atoms with Crippen molar-refractivity contribution in [1.82, 2.24) is 19.6 Å². The highest BCUT2D eigenvalue weighted by molar-refractivity contribution is 7.92. The molecule has 0 bridgehead atoms. The summed E-state index contributed by atoms with van der Waals surface area (Å²) < 4.78 is 67.4. The summed E-state index contributed by atoms with van der Waals surface area (Å²) in [5.74, 6) is -0.333. The van der Waals surface area contributed by atoms with E-state index in [1.54, 1.807) is 30.1 Å². The van der Waals surface area contributed by atoms with Gasteiger partial charge in [-0.15, -0.1) is 18.1 Å². The number of nitrogens with zero attached hydrogens (tertiary/aromatic N) is 4. The molecule has 1 aromatic carbocycles. The second-order valence-corrected chi connectivity index (χ2v) is 19.5. The van der Waals surface area contributed by atoms with Crippen LogP contribution in [0.4, 0.5) is 8.78 Å². The van der Waals surface area contributed by atoms with E-state index in [1.165, 1.54) is 29.1 Å². The zero-order chi connectivity index (χ0) is 28.4. The van der Waals surface area contributed by atoms with Crippen LogP contribution >= 0.6 is 0 Å². The Morgan fingerprint density at radius 2 is 1.85 bits per heavy atom. The standard InChI is InChI=1S/C28H36F2N4O3SSi/c1-26(2,3)39(5,6)37-19-27-16-20-17-31-34(23-9-7-22(29)8-10-23)24(20)15-21(27)11-13-28(30,18-27)38(35,36)25-12-14-33(4)32-25/h7-10,12,14-15,17H,11,13,16,18-19H2,1-6H3/q-1/t27-,28+/m1/s1. The quantitative estimate of drug-likeness (QED) is 0.337. The Hall–Kier alpha value is -2.63. The number of halogens is 2. The van der Waals surface area contributed by atoms with Gasteiger partial charge in [-0.3, -0.25) is 4.68 Å². The Labute approximate surface area is 229 Å². The van der Waals surface area contributed by atoms with Gasteiger partial charge in [-0.05, 0) is 63.1 Å². The van der Waals surface area contributed by atoms with Gasteiger partial charge in [0.1, 0.15) is 5.82 Å². The molecule has 2 aromatic heterocycles. The minimum atomic E-state index is -4.36. The fourth-order valence-electron chi connectivity index (χ4n) is 5.38. The van der Waals surface area contributed by atoms with Gasteiger partial charge < -0.3 is 4.43 Å². The first-order chi connectivity index (χ1) is 18.1. The van der Waals surface area contributed by atoms with Crippen LogP contribution in [0, 0.1) is 11.2 Å². The molecule has 211 valence electrons. The molecule has 2 atom stereocenters. The topological polar surface area (TPSA) is 79.0 Å². The van der Waals surface area contributed by atoms with Gasteiger partial charge in [0.15, 0.2) is 5.03 Å². The lowest BCUT2D eigenvalue weighted by Gasteiger charge is -2.54. The van der Waals surface area contributed by atoms with E-state index in [0.29, 0.717) is 12.1 Å². The van der Waals surface area contributed by atoms with Crippen LogP contribution in [0.5, 0.6) is 0 Å². The lowest BCUT2D eigenvalue weighted by molar-refractivity contribution is 0.0713. The Morgan fingerprint density at radius 1 is 1.15 bits per heavy atom. The minimum absolute atomic E-state index is 0.0671. The van der Waals surface area contributed by atoms with Gasteiger partial charge in [-0.2, -0.15) is 10.2 Å². The van der Waals surface area contributed by atoms with Gasteiger partial charge in [0.05, 0.1) is 17.6 Å². The molecule has 1 saturated carbocycles. The first-order valence-electron chi connectivity index (χ1n) is 13.2. The SMILES string of the molecule is Cn1ccc(S(=O)(=O)[C@@]2(F)CCC3=Cc4c(cnn4-c4ccc(F)cc4)C[C@]3(CO[Si-](C)(C)C(C)(C)C)C2)n1. The largest absolute Gasteiger partial charge is 0.564 e.